The first kappa shape index (κ1) is 18.2. The lowest BCUT2D eigenvalue weighted by atomic mass is 10.2. The predicted molar refractivity (Wildman–Crippen MR) is 75.8 cm³/mol. The molecule has 0 N–H and O–H groups in total. The lowest BCUT2D eigenvalue weighted by molar-refractivity contribution is 0.0318. The molecule has 0 unspecified atom stereocenters. The summed E-state index contributed by atoms with van der Waals surface area (Å²) in [6.45, 7) is 2.62. The van der Waals surface area contributed by atoms with Gasteiger partial charge in [0.25, 0.3) is 9.05 Å². The largest absolute Gasteiger partial charge is 0.460 e. The Morgan fingerprint density at radius 2 is 1.95 bits per heavy atom. The normalized spacial score (nSPS) is 11.4. The van der Waals surface area contributed by atoms with E-state index in [0.717, 1.165) is 12.5 Å². The molecule has 0 amide bonds. The molecule has 0 atom stereocenters. The van der Waals surface area contributed by atoms with Gasteiger partial charge in [0.15, 0.2) is 0 Å². The van der Waals surface area contributed by atoms with Gasteiger partial charge >= 0.3 is 5.97 Å². The van der Waals surface area contributed by atoms with Crippen molar-refractivity contribution in [2.24, 2.45) is 0 Å². The van der Waals surface area contributed by atoms with Crippen LogP contribution in [0.1, 0.15) is 23.7 Å². The van der Waals surface area contributed by atoms with E-state index >= 15 is 0 Å². The number of rotatable bonds is 7. The average Bonchev–Trinajstić information content (AvgIpc) is 2.36. The van der Waals surface area contributed by atoms with Gasteiger partial charge in [-0.25, -0.2) is 17.6 Å². The number of carbonyl (C=O) groups excluding carboxylic acids is 1. The van der Waals surface area contributed by atoms with Gasteiger partial charge in [0.2, 0.25) is 0 Å². The number of carbonyl (C=O) groups is 1. The predicted octanol–water partition coefficient (Wildman–Crippen LogP) is 2.99. The summed E-state index contributed by atoms with van der Waals surface area (Å²) in [6, 6.07) is 1.44. The molecule has 0 aliphatic heterocycles. The van der Waals surface area contributed by atoms with E-state index in [2.05, 4.69) is 0 Å². The minimum atomic E-state index is -4.33. The van der Waals surface area contributed by atoms with Crippen LogP contribution < -0.4 is 0 Å². The van der Waals surface area contributed by atoms with E-state index in [0.29, 0.717) is 12.7 Å². The minimum absolute atomic E-state index is 0.0322. The Bertz CT molecular complexity index is 618. The van der Waals surface area contributed by atoms with Crippen LogP contribution in [-0.4, -0.2) is 34.2 Å². The summed E-state index contributed by atoms with van der Waals surface area (Å²) in [5.41, 5.74) is -0.284. The fourth-order valence-electron chi connectivity index (χ4n) is 1.39. The summed E-state index contributed by atoms with van der Waals surface area (Å²) in [5, 5.41) is -0.268. The van der Waals surface area contributed by atoms with Gasteiger partial charge in [-0.3, -0.25) is 0 Å². The molecular formula is C12H13Cl2FO5S. The summed E-state index contributed by atoms with van der Waals surface area (Å²) in [5.74, 6) is -2.03. The van der Waals surface area contributed by atoms with Crippen molar-refractivity contribution < 1.29 is 27.1 Å². The monoisotopic (exact) mass is 358 g/mol. The maximum atomic E-state index is 13.5. The molecular weight excluding hydrogens is 346 g/mol. The van der Waals surface area contributed by atoms with Crippen LogP contribution >= 0.6 is 22.3 Å². The van der Waals surface area contributed by atoms with Crippen molar-refractivity contribution in [2.45, 2.75) is 18.2 Å². The highest BCUT2D eigenvalue weighted by molar-refractivity contribution is 8.13. The average molecular weight is 359 g/mol. The molecule has 118 valence electrons. The number of hydrogen-bond donors (Lipinski definition) is 0. The molecule has 21 heavy (non-hydrogen) atoms. The van der Waals surface area contributed by atoms with Crippen molar-refractivity contribution in [1.82, 2.24) is 0 Å². The topological polar surface area (TPSA) is 69.7 Å². The minimum Gasteiger partial charge on any atom is -0.460 e. The van der Waals surface area contributed by atoms with Crippen molar-refractivity contribution in [1.29, 1.82) is 0 Å². The van der Waals surface area contributed by atoms with E-state index in [1.165, 1.54) is 0 Å². The van der Waals surface area contributed by atoms with E-state index in [1.807, 2.05) is 6.92 Å². The van der Waals surface area contributed by atoms with Crippen molar-refractivity contribution >= 4 is 37.3 Å². The van der Waals surface area contributed by atoms with Crippen LogP contribution in [0.3, 0.4) is 0 Å². The van der Waals surface area contributed by atoms with Crippen molar-refractivity contribution in [2.75, 3.05) is 19.8 Å². The third-order valence-corrected chi connectivity index (χ3v) is 3.96. The van der Waals surface area contributed by atoms with Crippen LogP contribution in [0.5, 0.6) is 0 Å². The Kier molecular flexibility index (Phi) is 6.86. The van der Waals surface area contributed by atoms with Gasteiger partial charge in [-0.15, -0.1) is 0 Å². The highest BCUT2D eigenvalue weighted by Crippen LogP contribution is 2.26. The standard InChI is InChI=1S/C12H13Cl2FO5S/c1-2-3-19-4-5-20-12(16)8-6-11(21(14,17)18)10(15)7-9(8)13/h6-7H,2-5H2,1H3. The van der Waals surface area contributed by atoms with Gasteiger partial charge in [-0.1, -0.05) is 18.5 Å². The lowest BCUT2D eigenvalue weighted by Crippen LogP contribution is -2.12. The summed E-state index contributed by atoms with van der Waals surface area (Å²) in [6.07, 6.45) is 0.828. The SMILES string of the molecule is CCCOCCOC(=O)c1cc(S(=O)(=O)Cl)c(F)cc1Cl. The molecule has 0 saturated carbocycles. The third kappa shape index (κ3) is 5.43. The van der Waals surface area contributed by atoms with Crippen LogP contribution in [0.25, 0.3) is 0 Å². The molecule has 0 heterocycles. The molecule has 0 saturated heterocycles. The summed E-state index contributed by atoms with van der Waals surface area (Å²) >= 11 is 5.70. The Morgan fingerprint density at radius 3 is 2.52 bits per heavy atom. The fourth-order valence-corrected chi connectivity index (χ4v) is 2.52. The maximum Gasteiger partial charge on any atom is 0.339 e. The molecule has 0 aromatic heterocycles. The van der Waals surface area contributed by atoms with E-state index in [9.17, 15) is 17.6 Å². The summed E-state index contributed by atoms with van der Waals surface area (Å²) in [4.78, 5) is 10.9. The molecule has 0 fully saturated rings. The molecule has 9 heteroatoms. The van der Waals surface area contributed by atoms with Gasteiger partial charge < -0.3 is 9.47 Å². The zero-order valence-electron chi connectivity index (χ0n) is 11.1. The molecule has 1 rings (SSSR count). The fraction of sp³-hybridized carbons (Fsp3) is 0.417. The van der Waals surface area contributed by atoms with Crippen molar-refractivity contribution in [3.8, 4) is 0 Å². The lowest BCUT2D eigenvalue weighted by Gasteiger charge is -2.08. The first-order chi connectivity index (χ1) is 9.77. The van der Waals surface area contributed by atoms with Gasteiger partial charge in [-0.2, -0.15) is 0 Å². The van der Waals surface area contributed by atoms with Crippen LogP contribution in [-0.2, 0) is 18.5 Å². The molecule has 1 aromatic rings. The quantitative estimate of drug-likeness (QED) is 0.425. The highest BCUT2D eigenvalue weighted by atomic mass is 35.7. The Morgan fingerprint density at radius 1 is 1.29 bits per heavy atom. The molecule has 0 radical (unpaired) electrons. The number of ether oxygens (including phenoxy) is 2. The second kappa shape index (κ2) is 7.93. The van der Waals surface area contributed by atoms with Gasteiger partial charge in [0.1, 0.15) is 17.3 Å². The Balaban J connectivity index is 2.85. The second-order valence-electron chi connectivity index (χ2n) is 3.95. The van der Waals surface area contributed by atoms with Crippen LogP contribution in [0.2, 0.25) is 5.02 Å². The van der Waals surface area contributed by atoms with Crippen LogP contribution in [0, 0.1) is 5.82 Å². The molecule has 0 aliphatic rings. The molecule has 1 aromatic carbocycles. The first-order valence-electron chi connectivity index (χ1n) is 5.96. The summed E-state index contributed by atoms with van der Waals surface area (Å²) in [7, 11) is 0.739. The smallest absolute Gasteiger partial charge is 0.339 e. The molecule has 0 aliphatic carbocycles. The van der Waals surface area contributed by atoms with Gasteiger partial charge in [0.05, 0.1) is 17.2 Å². The maximum absolute atomic E-state index is 13.5. The number of hydrogen-bond acceptors (Lipinski definition) is 5. The van der Waals surface area contributed by atoms with Crippen molar-refractivity contribution in [3.63, 3.8) is 0 Å². The second-order valence-corrected chi connectivity index (χ2v) is 6.89. The van der Waals surface area contributed by atoms with Gasteiger partial charge in [-0.05, 0) is 18.6 Å². The van der Waals surface area contributed by atoms with E-state index in [4.69, 9.17) is 31.8 Å². The molecule has 5 nitrogen and oxygen atoms in total. The zero-order valence-corrected chi connectivity index (χ0v) is 13.4. The molecule has 0 bridgehead atoms. The molecule has 0 spiro atoms. The Labute approximate surface area is 131 Å². The number of halogens is 3. The zero-order chi connectivity index (χ0) is 16.0. The van der Waals surface area contributed by atoms with Crippen LogP contribution in [0.15, 0.2) is 17.0 Å². The number of esters is 1. The van der Waals surface area contributed by atoms with Crippen molar-refractivity contribution in [3.05, 3.63) is 28.5 Å². The van der Waals surface area contributed by atoms with E-state index in [-0.39, 0.29) is 23.8 Å². The Hall–Kier alpha value is -0.890. The third-order valence-electron chi connectivity index (χ3n) is 2.31. The highest BCUT2D eigenvalue weighted by Gasteiger charge is 2.22. The van der Waals surface area contributed by atoms with E-state index < -0.39 is 25.7 Å². The first-order valence-corrected chi connectivity index (χ1v) is 8.64. The van der Waals surface area contributed by atoms with E-state index in [1.54, 1.807) is 0 Å². The van der Waals surface area contributed by atoms with Gasteiger partial charge in [0, 0.05) is 17.3 Å². The van der Waals surface area contributed by atoms with Crippen LogP contribution in [0.4, 0.5) is 4.39 Å². The summed E-state index contributed by atoms with van der Waals surface area (Å²) < 4.78 is 45.8. The number of benzene rings is 1.